The number of carbonyl (C=O) groups is 2. The van der Waals surface area contributed by atoms with Gasteiger partial charge in [0, 0.05) is 24.7 Å². The molecule has 126 valence electrons. The molecule has 7 nitrogen and oxygen atoms in total. The summed E-state index contributed by atoms with van der Waals surface area (Å²) in [6.07, 6.45) is 0.538. The molecule has 24 heavy (non-hydrogen) atoms. The number of nitrogens with zero attached hydrogens (tertiary/aromatic N) is 2. The lowest BCUT2D eigenvalue weighted by molar-refractivity contribution is -0.129. The van der Waals surface area contributed by atoms with Crippen LogP contribution in [0.3, 0.4) is 0 Å². The Morgan fingerprint density at radius 1 is 1.29 bits per heavy atom. The van der Waals surface area contributed by atoms with Crippen LogP contribution in [0.25, 0.3) is 0 Å². The minimum absolute atomic E-state index is 0.0112. The monoisotopic (exact) mass is 347 g/mol. The highest BCUT2D eigenvalue weighted by Gasteiger charge is 2.41. The molecule has 2 amide bonds. The van der Waals surface area contributed by atoms with Crippen molar-refractivity contribution >= 4 is 27.3 Å². The third kappa shape index (κ3) is 3.41. The molecule has 2 aliphatic heterocycles. The number of hydrogen-bond acceptors (Lipinski definition) is 5. The largest absolute Gasteiger partial charge is 0.338 e. The Morgan fingerprint density at radius 2 is 2.00 bits per heavy atom. The standard InChI is InChI=1S/C16H17N3O4S/c17-8-11-1-3-13(4-2-11)18-16(21)12-7-15(20)19(9-12)14-5-6-24(22,23)10-14/h1-4,12,14H,5-7,9-10H2,(H,18,21). The van der Waals surface area contributed by atoms with Gasteiger partial charge in [0.15, 0.2) is 9.84 Å². The molecule has 3 rings (SSSR count). The molecule has 0 aliphatic carbocycles. The first kappa shape index (κ1) is 16.5. The summed E-state index contributed by atoms with van der Waals surface area (Å²) in [6.45, 7) is 0.251. The van der Waals surface area contributed by atoms with E-state index in [2.05, 4.69) is 5.32 Å². The minimum atomic E-state index is -3.07. The van der Waals surface area contributed by atoms with Crippen LogP contribution in [0.5, 0.6) is 0 Å². The van der Waals surface area contributed by atoms with E-state index in [4.69, 9.17) is 5.26 Å². The van der Waals surface area contributed by atoms with Crippen LogP contribution in [0, 0.1) is 17.2 Å². The van der Waals surface area contributed by atoms with Crippen LogP contribution in [0.15, 0.2) is 24.3 Å². The van der Waals surface area contributed by atoms with E-state index in [1.165, 1.54) is 4.90 Å². The quantitative estimate of drug-likeness (QED) is 0.858. The number of rotatable bonds is 3. The number of sulfone groups is 1. The van der Waals surface area contributed by atoms with Crippen molar-refractivity contribution in [3.63, 3.8) is 0 Å². The number of carbonyl (C=O) groups excluding carboxylic acids is 2. The van der Waals surface area contributed by atoms with E-state index >= 15 is 0 Å². The Morgan fingerprint density at radius 3 is 2.58 bits per heavy atom. The maximum atomic E-state index is 12.3. The highest BCUT2D eigenvalue weighted by atomic mass is 32.2. The molecule has 8 heteroatoms. The Labute approximate surface area is 140 Å². The first-order chi connectivity index (χ1) is 11.4. The smallest absolute Gasteiger partial charge is 0.229 e. The average molecular weight is 347 g/mol. The summed E-state index contributed by atoms with van der Waals surface area (Å²) in [4.78, 5) is 26.0. The molecule has 0 spiro atoms. The normalized spacial score (nSPS) is 25.5. The first-order valence-corrected chi connectivity index (χ1v) is 9.51. The molecule has 1 aromatic carbocycles. The number of amides is 2. The van der Waals surface area contributed by atoms with E-state index in [0.29, 0.717) is 17.7 Å². The molecule has 1 aromatic rings. The third-order valence-corrected chi connectivity index (χ3v) is 6.21. The molecule has 0 saturated carbocycles. The van der Waals surface area contributed by atoms with Gasteiger partial charge in [-0.15, -0.1) is 0 Å². The van der Waals surface area contributed by atoms with Crippen LogP contribution in [0.1, 0.15) is 18.4 Å². The summed E-state index contributed by atoms with van der Waals surface area (Å²) in [5, 5.41) is 11.5. The number of nitriles is 1. The molecule has 2 unspecified atom stereocenters. The molecule has 2 fully saturated rings. The Hall–Kier alpha value is -2.40. The first-order valence-electron chi connectivity index (χ1n) is 7.69. The van der Waals surface area contributed by atoms with Gasteiger partial charge in [0.05, 0.1) is 29.1 Å². The van der Waals surface area contributed by atoms with Crippen LogP contribution in [0.4, 0.5) is 5.69 Å². The molecule has 0 aromatic heterocycles. The maximum absolute atomic E-state index is 12.3. The van der Waals surface area contributed by atoms with Crippen LogP contribution in [0.2, 0.25) is 0 Å². The molecule has 0 radical (unpaired) electrons. The van der Waals surface area contributed by atoms with Crippen molar-refractivity contribution < 1.29 is 18.0 Å². The van der Waals surface area contributed by atoms with E-state index < -0.39 is 15.8 Å². The summed E-state index contributed by atoms with van der Waals surface area (Å²) in [6, 6.07) is 8.16. The number of likely N-dealkylation sites (tertiary alicyclic amines) is 1. The van der Waals surface area contributed by atoms with Crippen LogP contribution in [-0.2, 0) is 19.4 Å². The Balaban J connectivity index is 1.62. The Bertz CT molecular complexity index is 811. The second-order valence-corrected chi connectivity index (χ2v) is 8.41. The summed E-state index contributed by atoms with van der Waals surface area (Å²) < 4.78 is 23.1. The van der Waals surface area contributed by atoms with Gasteiger partial charge < -0.3 is 10.2 Å². The molecule has 2 aliphatic rings. The van der Waals surface area contributed by atoms with Gasteiger partial charge in [0.25, 0.3) is 0 Å². The van der Waals surface area contributed by atoms with E-state index in [9.17, 15) is 18.0 Å². The van der Waals surface area contributed by atoms with Gasteiger partial charge in [-0.2, -0.15) is 5.26 Å². The number of benzene rings is 1. The molecular weight excluding hydrogens is 330 g/mol. The van der Waals surface area contributed by atoms with Crippen molar-refractivity contribution in [1.82, 2.24) is 4.90 Å². The van der Waals surface area contributed by atoms with E-state index in [-0.39, 0.29) is 42.3 Å². The van der Waals surface area contributed by atoms with Gasteiger partial charge in [0.2, 0.25) is 11.8 Å². The van der Waals surface area contributed by atoms with Crippen molar-refractivity contribution in [2.75, 3.05) is 23.4 Å². The molecule has 2 saturated heterocycles. The summed E-state index contributed by atoms with van der Waals surface area (Å²) in [5.74, 6) is -0.836. The van der Waals surface area contributed by atoms with Crippen LogP contribution >= 0.6 is 0 Å². The van der Waals surface area contributed by atoms with Gasteiger partial charge in [-0.3, -0.25) is 9.59 Å². The van der Waals surface area contributed by atoms with E-state index in [0.717, 1.165) is 0 Å². The summed E-state index contributed by atoms with van der Waals surface area (Å²) in [7, 11) is -3.07. The highest BCUT2D eigenvalue weighted by Crippen LogP contribution is 2.27. The third-order valence-electron chi connectivity index (χ3n) is 4.46. The lowest BCUT2D eigenvalue weighted by atomic mass is 10.1. The lowest BCUT2D eigenvalue weighted by Gasteiger charge is -2.22. The maximum Gasteiger partial charge on any atom is 0.229 e. The molecule has 1 N–H and O–H groups in total. The van der Waals surface area contributed by atoms with E-state index in [1.807, 2.05) is 6.07 Å². The van der Waals surface area contributed by atoms with Gasteiger partial charge >= 0.3 is 0 Å². The van der Waals surface area contributed by atoms with Crippen molar-refractivity contribution in [3.8, 4) is 6.07 Å². The zero-order valence-corrected chi connectivity index (χ0v) is 13.8. The predicted octanol–water partition coefficient (Wildman–Crippen LogP) is 0.532. The number of nitrogens with one attached hydrogen (secondary N) is 1. The topological polar surface area (TPSA) is 107 Å². The van der Waals surface area contributed by atoms with Crippen molar-refractivity contribution in [3.05, 3.63) is 29.8 Å². The fourth-order valence-electron chi connectivity index (χ4n) is 3.15. The van der Waals surface area contributed by atoms with Crippen LogP contribution < -0.4 is 5.32 Å². The second-order valence-electron chi connectivity index (χ2n) is 6.18. The zero-order valence-electron chi connectivity index (χ0n) is 12.9. The number of anilines is 1. The van der Waals surface area contributed by atoms with Gasteiger partial charge in [-0.05, 0) is 30.7 Å². The molecule has 2 heterocycles. The summed E-state index contributed by atoms with van der Waals surface area (Å²) >= 11 is 0. The van der Waals surface area contributed by atoms with Crippen molar-refractivity contribution in [2.45, 2.75) is 18.9 Å². The SMILES string of the molecule is N#Cc1ccc(NC(=O)C2CC(=O)N(C3CCS(=O)(=O)C3)C2)cc1. The van der Waals surface area contributed by atoms with Crippen LogP contribution in [-0.4, -0.2) is 49.2 Å². The lowest BCUT2D eigenvalue weighted by Crippen LogP contribution is -2.38. The highest BCUT2D eigenvalue weighted by molar-refractivity contribution is 7.91. The van der Waals surface area contributed by atoms with Crippen molar-refractivity contribution in [2.24, 2.45) is 5.92 Å². The average Bonchev–Trinajstić information content (AvgIpc) is 3.10. The minimum Gasteiger partial charge on any atom is -0.338 e. The second kappa shape index (κ2) is 6.24. The number of hydrogen-bond donors (Lipinski definition) is 1. The van der Waals surface area contributed by atoms with Gasteiger partial charge in [0.1, 0.15) is 0 Å². The fourth-order valence-corrected chi connectivity index (χ4v) is 4.88. The fraction of sp³-hybridized carbons (Fsp3) is 0.438. The van der Waals surface area contributed by atoms with Gasteiger partial charge in [-0.1, -0.05) is 0 Å². The molecule has 0 bridgehead atoms. The van der Waals surface area contributed by atoms with Gasteiger partial charge in [-0.25, -0.2) is 8.42 Å². The summed E-state index contributed by atoms with van der Waals surface area (Å²) in [5.41, 5.74) is 1.06. The Kier molecular flexibility index (Phi) is 4.28. The van der Waals surface area contributed by atoms with E-state index in [1.54, 1.807) is 24.3 Å². The molecule has 2 atom stereocenters. The van der Waals surface area contributed by atoms with Crippen molar-refractivity contribution in [1.29, 1.82) is 5.26 Å². The zero-order chi connectivity index (χ0) is 17.3. The predicted molar refractivity (Wildman–Crippen MR) is 86.7 cm³/mol. The molecular formula is C16H17N3O4S.